The van der Waals surface area contributed by atoms with Crippen LogP contribution in [-0.4, -0.2) is 28.1 Å². The standard InChI is InChI=1S/C14H26N2O2S2/c1-4-5-6-7-12(2)16-20(17,18)14-9-8-13(19-14)10-11-15-3/h8-9,12,15-16H,4-7,10-11H2,1-3H3. The van der Waals surface area contributed by atoms with Gasteiger partial charge in [-0.25, -0.2) is 13.1 Å². The number of thiophene rings is 1. The van der Waals surface area contributed by atoms with Crippen LogP contribution in [0.5, 0.6) is 0 Å². The Balaban J connectivity index is 2.57. The monoisotopic (exact) mass is 318 g/mol. The summed E-state index contributed by atoms with van der Waals surface area (Å²) in [5.74, 6) is 0. The highest BCUT2D eigenvalue weighted by Gasteiger charge is 2.19. The van der Waals surface area contributed by atoms with Gasteiger partial charge in [-0.3, -0.25) is 0 Å². The lowest BCUT2D eigenvalue weighted by Gasteiger charge is -2.12. The minimum atomic E-state index is -3.35. The topological polar surface area (TPSA) is 58.2 Å². The largest absolute Gasteiger partial charge is 0.319 e. The molecule has 1 aromatic rings. The minimum absolute atomic E-state index is 0.00518. The van der Waals surface area contributed by atoms with Gasteiger partial charge in [-0.1, -0.05) is 26.2 Å². The Morgan fingerprint density at radius 3 is 2.70 bits per heavy atom. The van der Waals surface area contributed by atoms with E-state index >= 15 is 0 Å². The number of likely N-dealkylation sites (N-methyl/N-ethyl adjacent to an activating group) is 1. The van der Waals surface area contributed by atoms with E-state index in [0.717, 1.165) is 43.5 Å². The Morgan fingerprint density at radius 1 is 1.30 bits per heavy atom. The molecule has 1 heterocycles. The molecule has 0 aliphatic rings. The third-order valence-electron chi connectivity index (χ3n) is 3.12. The van der Waals surface area contributed by atoms with E-state index in [0.29, 0.717) is 4.21 Å². The van der Waals surface area contributed by atoms with Crippen molar-refractivity contribution in [2.75, 3.05) is 13.6 Å². The Bertz CT molecular complexity index is 483. The fraction of sp³-hybridized carbons (Fsp3) is 0.714. The molecule has 0 aliphatic heterocycles. The predicted octanol–water partition coefficient (Wildman–Crippen LogP) is 2.76. The van der Waals surface area contributed by atoms with Gasteiger partial charge >= 0.3 is 0 Å². The van der Waals surface area contributed by atoms with Crippen molar-refractivity contribution in [1.82, 2.24) is 10.0 Å². The molecule has 0 aliphatic carbocycles. The maximum atomic E-state index is 12.2. The summed E-state index contributed by atoms with van der Waals surface area (Å²) in [6, 6.07) is 3.60. The molecule has 1 aromatic heterocycles. The molecule has 20 heavy (non-hydrogen) atoms. The van der Waals surface area contributed by atoms with E-state index in [-0.39, 0.29) is 6.04 Å². The second kappa shape index (κ2) is 8.77. The van der Waals surface area contributed by atoms with Gasteiger partial charge in [0, 0.05) is 10.9 Å². The summed E-state index contributed by atoms with van der Waals surface area (Å²) in [5, 5.41) is 3.07. The molecule has 1 unspecified atom stereocenters. The molecule has 0 radical (unpaired) electrons. The fourth-order valence-corrected chi connectivity index (χ4v) is 4.62. The fourth-order valence-electron chi connectivity index (χ4n) is 1.97. The van der Waals surface area contributed by atoms with E-state index in [9.17, 15) is 8.42 Å². The summed E-state index contributed by atoms with van der Waals surface area (Å²) in [6.07, 6.45) is 5.13. The SMILES string of the molecule is CCCCCC(C)NS(=O)(=O)c1ccc(CCNC)s1. The highest BCUT2D eigenvalue weighted by atomic mass is 32.2. The summed E-state index contributed by atoms with van der Waals surface area (Å²) in [6.45, 7) is 4.94. The molecule has 1 atom stereocenters. The lowest BCUT2D eigenvalue weighted by atomic mass is 10.1. The average Bonchev–Trinajstić information content (AvgIpc) is 2.85. The zero-order valence-electron chi connectivity index (χ0n) is 12.6. The van der Waals surface area contributed by atoms with E-state index < -0.39 is 10.0 Å². The van der Waals surface area contributed by atoms with Crippen LogP contribution in [0.4, 0.5) is 0 Å². The van der Waals surface area contributed by atoms with Crippen LogP contribution in [0, 0.1) is 0 Å². The molecule has 4 nitrogen and oxygen atoms in total. The van der Waals surface area contributed by atoms with Crippen molar-refractivity contribution in [3.8, 4) is 0 Å². The maximum Gasteiger partial charge on any atom is 0.250 e. The Hall–Kier alpha value is -0.430. The molecule has 0 fully saturated rings. The molecule has 0 aromatic carbocycles. The first-order valence-electron chi connectivity index (χ1n) is 7.25. The van der Waals surface area contributed by atoms with Crippen LogP contribution in [0.15, 0.2) is 16.3 Å². The molecule has 0 bridgehead atoms. The number of unbranched alkanes of at least 4 members (excludes halogenated alkanes) is 2. The highest BCUT2D eigenvalue weighted by Crippen LogP contribution is 2.22. The van der Waals surface area contributed by atoms with Crippen molar-refractivity contribution in [2.45, 2.75) is 56.2 Å². The van der Waals surface area contributed by atoms with Gasteiger partial charge in [-0.2, -0.15) is 0 Å². The maximum absolute atomic E-state index is 12.2. The number of nitrogens with one attached hydrogen (secondary N) is 2. The Kier molecular flexibility index (Phi) is 7.72. The Labute approximate surface area is 127 Å². The van der Waals surface area contributed by atoms with Gasteiger partial charge in [0.05, 0.1) is 0 Å². The van der Waals surface area contributed by atoms with E-state index in [4.69, 9.17) is 0 Å². The first-order valence-corrected chi connectivity index (χ1v) is 9.55. The minimum Gasteiger partial charge on any atom is -0.319 e. The first kappa shape index (κ1) is 17.6. The van der Waals surface area contributed by atoms with E-state index in [1.54, 1.807) is 6.07 Å². The quantitative estimate of drug-likeness (QED) is 0.652. The predicted molar refractivity (Wildman–Crippen MR) is 85.9 cm³/mol. The van der Waals surface area contributed by atoms with Crippen molar-refractivity contribution in [2.24, 2.45) is 0 Å². The van der Waals surface area contributed by atoms with Crippen LogP contribution in [-0.2, 0) is 16.4 Å². The van der Waals surface area contributed by atoms with Crippen molar-refractivity contribution < 1.29 is 8.42 Å². The summed E-state index contributed by atoms with van der Waals surface area (Å²) < 4.78 is 27.7. The van der Waals surface area contributed by atoms with Gasteiger partial charge in [-0.15, -0.1) is 11.3 Å². The van der Waals surface area contributed by atoms with E-state index in [1.807, 2.05) is 20.0 Å². The van der Waals surface area contributed by atoms with Crippen LogP contribution >= 0.6 is 11.3 Å². The smallest absolute Gasteiger partial charge is 0.250 e. The van der Waals surface area contributed by atoms with Crippen LogP contribution in [0.2, 0.25) is 0 Å². The van der Waals surface area contributed by atoms with Crippen LogP contribution in [0.1, 0.15) is 44.4 Å². The van der Waals surface area contributed by atoms with Crippen LogP contribution in [0.3, 0.4) is 0 Å². The van der Waals surface area contributed by atoms with Gasteiger partial charge < -0.3 is 5.32 Å². The number of rotatable bonds is 10. The molecule has 0 amide bonds. The number of sulfonamides is 1. The van der Waals surface area contributed by atoms with Crippen molar-refractivity contribution >= 4 is 21.4 Å². The zero-order chi connectivity index (χ0) is 15.0. The van der Waals surface area contributed by atoms with Crippen molar-refractivity contribution in [3.05, 3.63) is 17.0 Å². The second-order valence-corrected chi connectivity index (χ2v) is 8.20. The highest BCUT2D eigenvalue weighted by molar-refractivity contribution is 7.91. The third kappa shape index (κ3) is 5.91. The molecule has 2 N–H and O–H groups in total. The summed E-state index contributed by atoms with van der Waals surface area (Å²) in [5.41, 5.74) is 0. The zero-order valence-corrected chi connectivity index (χ0v) is 14.2. The molecular formula is C14H26N2O2S2. The molecular weight excluding hydrogens is 292 g/mol. The average molecular weight is 319 g/mol. The molecule has 0 spiro atoms. The lowest BCUT2D eigenvalue weighted by molar-refractivity contribution is 0.528. The molecule has 0 saturated carbocycles. The number of hydrogen-bond donors (Lipinski definition) is 2. The van der Waals surface area contributed by atoms with Gasteiger partial charge in [0.15, 0.2) is 0 Å². The third-order valence-corrected chi connectivity index (χ3v) is 6.35. The molecule has 1 rings (SSSR count). The van der Waals surface area contributed by atoms with Crippen LogP contribution < -0.4 is 10.0 Å². The van der Waals surface area contributed by atoms with Crippen molar-refractivity contribution in [3.63, 3.8) is 0 Å². The van der Waals surface area contributed by atoms with Crippen molar-refractivity contribution in [1.29, 1.82) is 0 Å². The van der Waals surface area contributed by atoms with Crippen LogP contribution in [0.25, 0.3) is 0 Å². The van der Waals surface area contributed by atoms with E-state index in [1.165, 1.54) is 11.3 Å². The first-order chi connectivity index (χ1) is 9.49. The second-order valence-electron chi connectivity index (χ2n) is 5.09. The summed E-state index contributed by atoms with van der Waals surface area (Å²) >= 11 is 1.36. The number of hydrogen-bond acceptors (Lipinski definition) is 4. The lowest BCUT2D eigenvalue weighted by Crippen LogP contribution is -2.32. The van der Waals surface area contributed by atoms with Gasteiger partial charge in [0.1, 0.15) is 4.21 Å². The van der Waals surface area contributed by atoms with E-state index in [2.05, 4.69) is 17.0 Å². The van der Waals surface area contributed by atoms with Gasteiger partial charge in [0.2, 0.25) is 10.0 Å². The molecule has 0 saturated heterocycles. The normalized spacial score (nSPS) is 13.6. The molecule has 6 heteroatoms. The Morgan fingerprint density at radius 2 is 2.05 bits per heavy atom. The molecule has 116 valence electrons. The van der Waals surface area contributed by atoms with Gasteiger partial charge in [-0.05, 0) is 45.5 Å². The van der Waals surface area contributed by atoms with Gasteiger partial charge in [0.25, 0.3) is 0 Å². The summed E-state index contributed by atoms with van der Waals surface area (Å²) in [7, 11) is -1.46. The summed E-state index contributed by atoms with van der Waals surface area (Å²) in [4.78, 5) is 1.10.